The predicted octanol–water partition coefficient (Wildman–Crippen LogP) is 7.28. The van der Waals surface area contributed by atoms with E-state index in [1.807, 2.05) is 73.7 Å². The van der Waals surface area contributed by atoms with Gasteiger partial charge < -0.3 is 19.5 Å². The minimum Gasteiger partial charge on any atom is -0.490 e. The van der Waals surface area contributed by atoms with Crippen LogP contribution in [0.15, 0.2) is 76.4 Å². The molecule has 2 heterocycles. The van der Waals surface area contributed by atoms with Gasteiger partial charge in [0.05, 0.1) is 11.1 Å². The fourth-order valence-electron chi connectivity index (χ4n) is 3.92. The number of nitrogens with one attached hydrogen (secondary N) is 1. The van der Waals surface area contributed by atoms with E-state index < -0.39 is 6.23 Å². The number of nitrogens with zero attached hydrogens (tertiary/aromatic N) is 3. The highest BCUT2D eigenvalue weighted by atomic mass is 79.9. The zero-order valence-corrected chi connectivity index (χ0v) is 23.0. The first-order chi connectivity index (χ1) is 18.2. The van der Waals surface area contributed by atoms with Crippen molar-refractivity contribution < 1.29 is 14.2 Å². The second kappa shape index (κ2) is 11.8. The van der Waals surface area contributed by atoms with Crippen LogP contribution < -0.4 is 19.5 Å². The molecule has 3 aromatic carbocycles. The molecule has 1 atom stereocenters. The first-order valence-corrected chi connectivity index (χ1v) is 14.0. The summed E-state index contributed by atoms with van der Waals surface area (Å²) in [5.74, 6) is 2.63. The van der Waals surface area contributed by atoms with Crippen molar-refractivity contribution in [2.24, 2.45) is 0 Å². The molecule has 0 bridgehead atoms. The zero-order valence-electron chi connectivity index (χ0n) is 20.6. The maximum Gasteiger partial charge on any atom is 0.247 e. The average Bonchev–Trinajstić information content (AvgIpc) is 3.08. The Morgan fingerprint density at radius 1 is 1.00 bits per heavy atom. The molecular weight excluding hydrogens is 552 g/mol. The largest absolute Gasteiger partial charge is 0.490 e. The molecule has 1 aromatic heterocycles. The summed E-state index contributed by atoms with van der Waals surface area (Å²) in [5.41, 5.74) is 4.31. The monoisotopic (exact) mass is 578 g/mol. The fourth-order valence-corrected chi connectivity index (χ4v) is 5.13. The summed E-state index contributed by atoms with van der Waals surface area (Å²) in [6, 6.07) is 21.9. The van der Waals surface area contributed by atoms with Crippen molar-refractivity contribution in [3.05, 3.63) is 82.3 Å². The van der Waals surface area contributed by atoms with Gasteiger partial charge in [-0.3, -0.25) is 0 Å². The average molecular weight is 580 g/mol. The number of hydrogen-bond donors (Lipinski definition) is 1. The van der Waals surface area contributed by atoms with Crippen molar-refractivity contribution in [1.82, 2.24) is 15.2 Å². The van der Waals surface area contributed by atoms with E-state index in [9.17, 15) is 0 Å². The molecule has 0 spiro atoms. The fraction of sp³-hybridized carbons (Fsp3) is 0.250. The maximum atomic E-state index is 6.45. The molecule has 0 aliphatic carbocycles. The van der Waals surface area contributed by atoms with Gasteiger partial charge in [-0.2, -0.15) is 4.98 Å². The summed E-state index contributed by atoms with van der Waals surface area (Å²) < 4.78 is 19.4. The lowest BCUT2D eigenvalue weighted by Crippen LogP contribution is -2.17. The molecule has 0 saturated carbocycles. The van der Waals surface area contributed by atoms with Gasteiger partial charge >= 0.3 is 0 Å². The molecule has 9 heteroatoms. The molecule has 0 radical (unpaired) electrons. The van der Waals surface area contributed by atoms with Gasteiger partial charge in [0.15, 0.2) is 23.4 Å². The summed E-state index contributed by atoms with van der Waals surface area (Å²) in [6.07, 6.45) is 0.480. The van der Waals surface area contributed by atoms with Crippen LogP contribution in [-0.2, 0) is 6.61 Å². The third kappa shape index (κ3) is 5.83. The summed E-state index contributed by atoms with van der Waals surface area (Å²) in [6.45, 7) is 5.00. The maximum absolute atomic E-state index is 6.45. The molecule has 7 nitrogen and oxygen atoms in total. The van der Waals surface area contributed by atoms with Crippen LogP contribution in [0.25, 0.3) is 11.3 Å². The van der Waals surface area contributed by atoms with E-state index in [1.54, 1.807) is 11.8 Å². The van der Waals surface area contributed by atoms with Gasteiger partial charge in [0, 0.05) is 22.6 Å². The van der Waals surface area contributed by atoms with Crippen molar-refractivity contribution in [1.29, 1.82) is 0 Å². The van der Waals surface area contributed by atoms with Gasteiger partial charge in [0.1, 0.15) is 6.61 Å². The van der Waals surface area contributed by atoms with Crippen LogP contribution in [0.2, 0.25) is 0 Å². The summed E-state index contributed by atoms with van der Waals surface area (Å²) in [7, 11) is 0. The van der Waals surface area contributed by atoms with E-state index >= 15 is 0 Å². The second-order valence-electron chi connectivity index (χ2n) is 8.32. The Kier molecular flexibility index (Phi) is 8.11. The van der Waals surface area contributed by atoms with Gasteiger partial charge in [0.2, 0.25) is 11.0 Å². The number of rotatable bonds is 9. The van der Waals surface area contributed by atoms with Gasteiger partial charge in [-0.25, -0.2) is 0 Å². The van der Waals surface area contributed by atoms with E-state index in [0.717, 1.165) is 39.0 Å². The molecule has 1 unspecified atom stereocenters. The lowest BCUT2D eigenvalue weighted by molar-refractivity contribution is 0.223. The summed E-state index contributed by atoms with van der Waals surface area (Å²) in [4.78, 5) is 4.71. The first kappa shape index (κ1) is 25.4. The van der Waals surface area contributed by atoms with E-state index in [1.165, 1.54) is 0 Å². The Bertz CT molecular complexity index is 1370. The van der Waals surface area contributed by atoms with E-state index in [2.05, 4.69) is 38.4 Å². The molecule has 190 valence electrons. The second-order valence-corrected chi connectivity index (χ2v) is 10.2. The summed E-state index contributed by atoms with van der Waals surface area (Å²) in [5, 5.41) is 12.9. The number of halogens is 1. The Labute approximate surface area is 229 Å². The van der Waals surface area contributed by atoms with Gasteiger partial charge in [-0.1, -0.05) is 67.2 Å². The van der Waals surface area contributed by atoms with E-state index in [-0.39, 0.29) is 0 Å². The van der Waals surface area contributed by atoms with Gasteiger partial charge in [-0.05, 0) is 53.0 Å². The van der Waals surface area contributed by atoms with Crippen molar-refractivity contribution in [3.8, 4) is 28.6 Å². The van der Waals surface area contributed by atoms with Crippen molar-refractivity contribution >= 4 is 33.4 Å². The normalized spacial score (nSPS) is 14.0. The highest BCUT2D eigenvalue weighted by molar-refractivity contribution is 9.10. The smallest absolute Gasteiger partial charge is 0.247 e. The molecule has 1 N–H and O–H groups in total. The highest BCUT2D eigenvalue weighted by Gasteiger charge is 2.27. The van der Waals surface area contributed by atoms with Crippen LogP contribution in [0.4, 0.5) is 5.69 Å². The number of thioether (sulfide) groups is 1. The van der Waals surface area contributed by atoms with Crippen molar-refractivity contribution in [3.63, 3.8) is 0 Å². The third-order valence-electron chi connectivity index (χ3n) is 5.63. The lowest BCUT2D eigenvalue weighted by atomic mass is 10.1. The number of fused-ring (bicyclic) bond motifs is 3. The van der Waals surface area contributed by atoms with E-state index in [0.29, 0.717) is 41.4 Å². The lowest BCUT2D eigenvalue weighted by Gasteiger charge is -2.22. The number of anilines is 1. The van der Waals surface area contributed by atoms with Crippen LogP contribution in [-0.4, -0.2) is 27.5 Å². The third-order valence-corrected chi connectivity index (χ3v) is 7.26. The molecular formula is C28H27BrN4O3S. The van der Waals surface area contributed by atoms with Gasteiger partial charge in [0.25, 0.3) is 0 Å². The Hall–Kier alpha value is -3.30. The number of benzene rings is 3. The number of para-hydroxylation sites is 1. The molecule has 1 aliphatic heterocycles. The number of hydrogen-bond acceptors (Lipinski definition) is 8. The minimum absolute atomic E-state index is 0.429. The van der Waals surface area contributed by atoms with Crippen LogP contribution in [0.1, 0.15) is 37.6 Å². The van der Waals surface area contributed by atoms with Gasteiger partial charge in [-0.15, -0.1) is 10.2 Å². The van der Waals surface area contributed by atoms with Crippen molar-refractivity contribution in [2.75, 3.05) is 17.7 Å². The molecule has 4 aromatic rings. The summed E-state index contributed by atoms with van der Waals surface area (Å²) >= 11 is 5.27. The number of aromatic nitrogens is 3. The van der Waals surface area contributed by atoms with Crippen molar-refractivity contribution in [2.45, 2.75) is 38.3 Å². The van der Waals surface area contributed by atoms with Crippen LogP contribution in [0.5, 0.6) is 17.4 Å². The molecule has 0 amide bonds. The SMILES string of the molecule is CCCSc1nnc2c(n1)OC(c1cc(Br)c(OCc3ccccc3)c(OCC)c1)Nc1ccccc1-2. The Morgan fingerprint density at radius 2 is 1.81 bits per heavy atom. The Morgan fingerprint density at radius 3 is 2.62 bits per heavy atom. The zero-order chi connectivity index (χ0) is 25.6. The Balaban J connectivity index is 1.50. The van der Waals surface area contributed by atoms with Crippen LogP contribution in [0.3, 0.4) is 0 Å². The standard InChI is InChI=1S/C28H27BrN4O3S/c1-3-14-37-28-31-27-24(32-33-28)20-12-8-9-13-22(20)30-26(36-27)19-15-21(29)25(23(16-19)34-4-2)35-17-18-10-6-5-7-11-18/h5-13,15-16,26,30H,3-4,14,17H2,1-2H3. The molecule has 0 fully saturated rings. The van der Waals surface area contributed by atoms with Crippen LogP contribution in [0, 0.1) is 0 Å². The predicted molar refractivity (Wildman–Crippen MR) is 149 cm³/mol. The minimum atomic E-state index is -0.540. The topological polar surface area (TPSA) is 78.4 Å². The quantitative estimate of drug-likeness (QED) is 0.207. The molecule has 0 saturated heterocycles. The van der Waals surface area contributed by atoms with E-state index in [4.69, 9.17) is 19.2 Å². The molecule has 5 rings (SSSR count). The molecule has 37 heavy (non-hydrogen) atoms. The number of ether oxygens (including phenoxy) is 3. The van der Waals surface area contributed by atoms with Crippen LogP contribution >= 0.6 is 27.7 Å². The first-order valence-electron chi connectivity index (χ1n) is 12.2. The molecule has 1 aliphatic rings. The highest BCUT2D eigenvalue weighted by Crippen LogP contribution is 2.43.